The summed E-state index contributed by atoms with van der Waals surface area (Å²) in [6, 6.07) is -0.821. The lowest BCUT2D eigenvalue weighted by Gasteiger charge is -2.11. The minimum atomic E-state index is -0.993. The second kappa shape index (κ2) is 9.86. The van der Waals surface area contributed by atoms with Gasteiger partial charge in [-0.05, 0) is 12.2 Å². The van der Waals surface area contributed by atoms with Gasteiger partial charge in [0.05, 0.1) is 19.3 Å². The van der Waals surface area contributed by atoms with E-state index < -0.39 is 18.1 Å². The maximum atomic E-state index is 10.4. The maximum Gasteiger partial charge on any atom is 0.320 e. The van der Waals surface area contributed by atoms with E-state index in [4.69, 9.17) is 21.3 Å². The Morgan fingerprint density at radius 2 is 2.19 bits per heavy atom. The molecule has 96 valence electrons. The molecule has 2 atom stereocenters. The Balaban J connectivity index is 3.33. The van der Waals surface area contributed by atoms with Crippen LogP contribution in [-0.2, 0) is 9.53 Å². The monoisotopic (exact) mass is 252 g/mol. The maximum absolute atomic E-state index is 10.4. The third kappa shape index (κ3) is 8.93. The number of aliphatic carboxylic acids is 1. The van der Waals surface area contributed by atoms with Crippen LogP contribution in [0.4, 0.5) is 0 Å². The summed E-state index contributed by atoms with van der Waals surface area (Å²) < 4.78 is 5.05. The number of thioether (sulfide) groups is 1. The summed E-state index contributed by atoms with van der Waals surface area (Å²) in [5, 5.41) is 17.9. The molecule has 0 rings (SSSR count). The predicted molar refractivity (Wildman–Crippen MR) is 63.4 cm³/mol. The summed E-state index contributed by atoms with van der Waals surface area (Å²) in [4.78, 5) is 10.4. The molecule has 0 saturated heterocycles. The molecule has 6 N–H and O–H groups in total. The van der Waals surface area contributed by atoms with Crippen molar-refractivity contribution in [3.05, 3.63) is 0 Å². The fourth-order valence-corrected chi connectivity index (χ4v) is 1.86. The Hall–Kier alpha value is -0.340. The first-order valence-corrected chi connectivity index (χ1v) is 6.25. The molecule has 0 aliphatic carbocycles. The number of rotatable bonds is 10. The molecule has 0 aliphatic rings. The van der Waals surface area contributed by atoms with E-state index >= 15 is 0 Å². The van der Waals surface area contributed by atoms with Gasteiger partial charge in [0.1, 0.15) is 6.04 Å². The molecule has 2 unspecified atom stereocenters. The van der Waals surface area contributed by atoms with Gasteiger partial charge in [0.25, 0.3) is 0 Å². The Morgan fingerprint density at radius 3 is 2.75 bits per heavy atom. The van der Waals surface area contributed by atoms with E-state index in [1.165, 1.54) is 11.8 Å². The molecular weight excluding hydrogens is 232 g/mol. The van der Waals surface area contributed by atoms with Crippen LogP contribution in [0.5, 0.6) is 0 Å². The van der Waals surface area contributed by atoms with Gasteiger partial charge in [-0.1, -0.05) is 0 Å². The molecule has 0 aromatic rings. The van der Waals surface area contributed by atoms with E-state index in [1.54, 1.807) is 0 Å². The van der Waals surface area contributed by atoms with Gasteiger partial charge in [0, 0.05) is 12.3 Å². The van der Waals surface area contributed by atoms with E-state index in [0.29, 0.717) is 31.1 Å². The number of carbonyl (C=O) groups is 1. The van der Waals surface area contributed by atoms with E-state index in [9.17, 15) is 9.90 Å². The van der Waals surface area contributed by atoms with Crippen molar-refractivity contribution in [2.75, 3.05) is 31.3 Å². The average Bonchev–Trinajstić information content (AvgIpc) is 2.24. The van der Waals surface area contributed by atoms with Crippen molar-refractivity contribution in [1.82, 2.24) is 0 Å². The molecule has 0 saturated carbocycles. The number of carboxylic acids is 1. The Morgan fingerprint density at radius 1 is 1.50 bits per heavy atom. The van der Waals surface area contributed by atoms with Gasteiger partial charge in [-0.2, -0.15) is 11.8 Å². The molecule has 0 heterocycles. The quantitative estimate of drug-likeness (QED) is 0.363. The van der Waals surface area contributed by atoms with Gasteiger partial charge in [-0.3, -0.25) is 4.79 Å². The van der Waals surface area contributed by atoms with E-state index in [0.717, 1.165) is 0 Å². The first kappa shape index (κ1) is 15.7. The van der Waals surface area contributed by atoms with Gasteiger partial charge in [-0.25, -0.2) is 0 Å². The zero-order valence-corrected chi connectivity index (χ0v) is 9.99. The van der Waals surface area contributed by atoms with Crippen molar-refractivity contribution in [2.45, 2.75) is 18.6 Å². The number of aliphatic hydroxyl groups is 1. The molecule has 0 radical (unpaired) electrons. The summed E-state index contributed by atoms with van der Waals surface area (Å²) in [6.07, 6.45) is -0.145. The van der Waals surface area contributed by atoms with Crippen LogP contribution in [0.2, 0.25) is 0 Å². The first-order chi connectivity index (χ1) is 7.57. The molecular formula is C9H20N2O4S. The molecule has 0 aromatic heterocycles. The van der Waals surface area contributed by atoms with Gasteiger partial charge in [0.2, 0.25) is 0 Å². The standard InChI is InChI=1S/C9H20N2O4S/c10-2-3-15-5-7(12)6-16-4-1-8(11)9(13)14/h7-8,12H,1-6,10-11H2,(H,13,14). The predicted octanol–water partition coefficient (Wildman–Crippen LogP) is -1.14. The minimum Gasteiger partial charge on any atom is -0.480 e. The second-order valence-corrected chi connectivity index (χ2v) is 4.48. The Kier molecular flexibility index (Phi) is 9.65. The Labute approximate surface area is 99.3 Å². The number of carboxylic acid groups (broad SMARTS) is 1. The van der Waals surface area contributed by atoms with Crippen LogP contribution in [-0.4, -0.2) is 59.6 Å². The SMILES string of the molecule is NCCOCC(O)CSCCC(N)C(=O)O. The normalized spacial score (nSPS) is 14.7. The summed E-state index contributed by atoms with van der Waals surface area (Å²) in [5.41, 5.74) is 10.5. The Bertz CT molecular complexity index is 194. The van der Waals surface area contributed by atoms with E-state index in [1.807, 2.05) is 0 Å². The second-order valence-electron chi connectivity index (χ2n) is 3.33. The van der Waals surface area contributed by atoms with Crippen molar-refractivity contribution < 1.29 is 19.7 Å². The van der Waals surface area contributed by atoms with Crippen LogP contribution in [0, 0.1) is 0 Å². The molecule has 6 nitrogen and oxygen atoms in total. The lowest BCUT2D eigenvalue weighted by molar-refractivity contribution is -0.138. The molecule has 16 heavy (non-hydrogen) atoms. The van der Waals surface area contributed by atoms with Crippen molar-refractivity contribution in [2.24, 2.45) is 11.5 Å². The van der Waals surface area contributed by atoms with Crippen LogP contribution in [0.1, 0.15) is 6.42 Å². The summed E-state index contributed by atoms with van der Waals surface area (Å²) in [5.74, 6) is 0.130. The molecule has 0 bridgehead atoms. The lowest BCUT2D eigenvalue weighted by Crippen LogP contribution is -2.30. The van der Waals surface area contributed by atoms with Crippen molar-refractivity contribution in [3.63, 3.8) is 0 Å². The fraction of sp³-hybridized carbons (Fsp3) is 0.889. The highest BCUT2D eigenvalue weighted by Crippen LogP contribution is 2.06. The highest BCUT2D eigenvalue weighted by atomic mass is 32.2. The lowest BCUT2D eigenvalue weighted by atomic mass is 10.2. The summed E-state index contributed by atoms with van der Waals surface area (Å²) in [7, 11) is 0. The van der Waals surface area contributed by atoms with Crippen molar-refractivity contribution in [3.8, 4) is 0 Å². The molecule has 7 heteroatoms. The van der Waals surface area contributed by atoms with Gasteiger partial charge in [-0.15, -0.1) is 0 Å². The third-order valence-corrected chi connectivity index (χ3v) is 2.92. The number of aliphatic hydroxyl groups excluding tert-OH is 1. The number of nitrogens with two attached hydrogens (primary N) is 2. The summed E-state index contributed by atoms with van der Waals surface area (Å²) in [6.45, 7) is 1.13. The van der Waals surface area contributed by atoms with Crippen molar-refractivity contribution in [1.29, 1.82) is 0 Å². The molecule has 0 amide bonds. The molecule has 0 fully saturated rings. The highest BCUT2D eigenvalue weighted by molar-refractivity contribution is 7.99. The molecule has 0 aliphatic heterocycles. The molecule has 0 aromatic carbocycles. The first-order valence-electron chi connectivity index (χ1n) is 5.10. The summed E-state index contributed by atoms with van der Waals surface area (Å²) >= 11 is 1.46. The van der Waals surface area contributed by atoms with Crippen LogP contribution in [0.3, 0.4) is 0 Å². The minimum absolute atomic E-state index is 0.259. The van der Waals surface area contributed by atoms with Crippen LogP contribution in [0.25, 0.3) is 0 Å². The zero-order chi connectivity index (χ0) is 12.4. The smallest absolute Gasteiger partial charge is 0.320 e. The van der Waals surface area contributed by atoms with E-state index in [2.05, 4.69) is 0 Å². The topological polar surface area (TPSA) is 119 Å². The zero-order valence-electron chi connectivity index (χ0n) is 9.17. The number of hydrogen-bond donors (Lipinski definition) is 4. The van der Waals surface area contributed by atoms with Crippen molar-refractivity contribution >= 4 is 17.7 Å². The van der Waals surface area contributed by atoms with Crippen LogP contribution in [0.15, 0.2) is 0 Å². The fourth-order valence-electron chi connectivity index (χ4n) is 0.904. The van der Waals surface area contributed by atoms with Gasteiger partial charge >= 0.3 is 5.97 Å². The van der Waals surface area contributed by atoms with Crippen LogP contribution < -0.4 is 11.5 Å². The largest absolute Gasteiger partial charge is 0.480 e. The van der Waals surface area contributed by atoms with Gasteiger partial charge < -0.3 is 26.4 Å². The molecule has 0 spiro atoms. The van der Waals surface area contributed by atoms with Gasteiger partial charge in [0.15, 0.2) is 0 Å². The van der Waals surface area contributed by atoms with Crippen LogP contribution >= 0.6 is 11.8 Å². The van der Waals surface area contributed by atoms with E-state index in [-0.39, 0.29) is 6.61 Å². The number of ether oxygens (including phenoxy) is 1. The third-order valence-electron chi connectivity index (χ3n) is 1.77. The highest BCUT2D eigenvalue weighted by Gasteiger charge is 2.11. The average molecular weight is 252 g/mol. The number of hydrogen-bond acceptors (Lipinski definition) is 6.